The predicted octanol–water partition coefficient (Wildman–Crippen LogP) is 0.732. The van der Waals surface area contributed by atoms with Gasteiger partial charge in [0.2, 0.25) is 0 Å². The van der Waals surface area contributed by atoms with Gasteiger partial charge in [0.25, 0.3) is 5.56 Å². The van der Waals surface area contributed by atoms with Crippen molar-refractivity contribution in [2.24, 2.45) is 0 Å². The number of hydrogen-bond donors (Lipinski definition) is 1. The molecule has 9 heteroatoms. The Morgan fingerprint density at radius 3 is 2.48 bits per heavy atom. The minimum Gasteiger partial charge on any atom is -0.390 e. The van der Waals surface area contributed by atoms with E-state index >= 15 is 0 Å². The molecule has 1 fully saturated rings. The Balaban J connectivity index is 2.02. The van der Waals surface area contributed by atoms with Gasteiger partial charge in [-0.3, -0.25) is 9.69 Å². The third-order valence-electron chi connectivity index (χ3n) is 3.50. The number of nitrogens with zero attached hydrogens (tertiary/aromatic N) is 3. The Morgan fingerprint density at radius 2 is 1.91 bits per heavy atom. The molecule has 0 bridgehead atoms. The average molecular weight is 335 g/mol. The third-order valence-corrected chi connectivity index (χ3v) is 3.50. The maximum Gasteiger partial charge on any atom is 0.435 e. The molecule has 0 saturated carbocycles. The van der Waals surface area contributed by atoms with E-state index in [0.717, 1.165) is 6.07 Å². The van der Waals surface area contributed by atoms with Gasteiger partial charge in [-0.05, 0) is 19.9 Å². The molecule has 0 aliphatic carbocycles. The van der Waals surface area contributed by atoms with Crippen molar-refractivity contribution in [3.05, 3.63) is 28.2 Å². The van der Waals surface area contributed by atoms with Crippen LogP contribution in [-0.4, -0.2) is 57.7 Å². The number of aliphatic hydroxyl groups is 1. The molecule has 3 unspecified atom stereocenters. The van der Waals surface area contributed by atoms with Crippen molar-refractivity contribution in [1.29, 1.82) is 0 Å². The fraction of sp³-hybridized carbons (Fsp3) is 0.714. The van der Waals surface area contributed by atoms with E-state index in [-0.39, 0.29) is 25.3 Å². The van der Waals surface area contributed by atoms with Crippen LogP contribution in [0.25, 0.3) is 0 Å². The topological polar surface area (TPSA) is 67.6 Å². The number of morpholine rings is 1. The molecule has 1 aliphatic rings. The number of aliphatic hydroxyl groups excluding tert-OH is 1. The van der Waals surface area contributed by atoms with Crippen LogP contribution in [0.5, 0.6) is 0 Å². The summed E-state index contributed by atoms with van der Waals surface area (Å²) in [6.45, 7) is 5.01. The molecule has 1 saturated heterocycles. The normalized spacial score (nSPS) is 24.6. The molecule has 23 heavy (non-hydrogen) atoms. The molecule has 2 heterocycles. The third kappa shape index (κ3) is 5.02. The highest BCUT2D eigenvalue weighted by Crippen LogP contribution is 2.26. The molecule has 130 valence electrons. The smallest absolute Gasteiger partial charge is 0.390 e. The Hall–Kier alpha value is -1.45. The average Bonchev–Trinajstić information content (AvgIpc) is 2.38. The van der Waals surface area contributed by atoms with Crippen LogP contribution < -0.4 is 5.56 Å². The largest absolute Gasteiger partial charge is 0.435 e. The van der Waals surface area contributed by atoms with Crippen LogP contribution in [0.1, 0.15) is 19.5 Å². The van der Waals surface area contributed by atoms with E-state index < -0.39 is 23.5 Å². The Labute approximate surface area is 131 Å². The van der Waals surface area contributed by atoms with Gasteiger partial charge in [-0.25, -0.2) is 4.68 Å². The lowest BCUT2D eigenvalue weighted by Crippen LogP contribution is -2.49. The van der Waals surface area contributed by atoms with E-state index in [1.165, 1.54) is 0 Å². The van der Waals surface area contributed by atoms with Crippen molar-refractivity contribution in [2.75, 3.05) is 19.6 Å². The SMILES string of the molecule is CC1CN(CC(O)Cn2nc(C(F)(F)F)ccc2=O)CC(C)O1. The number of alkyl halides is 3. The standard InChI is InChI=1S/C14H20F3N3O3/c1-9-5-19(6-10(2)23-9)7-11(21)8-20-13(22)4-3-12(18-20)14(15,16)17/h3-4,9-11,21H,5-8H2,1-2H3. The molecule has 6 nitrogen and oxygen atoms in total. The molecule has 1 aromatic rings. The van der Waals surface area contributed by atoms with E-state index in [2.05, 4.69) is 5.10 Å². The van der Waals surface area contributed by atoms with Gasteiger partial charge in [-0.15, -0.1) is 0 Å². The van der Waals surface area contributed by atoms with Crippen LogP contribution in [0, 0.1) is 0 Å². The highest BCUT2D eigenvalue weighted by Gasteiger charge is 2.33. The second kappa shape index (κ2) is 6.98. The molecule has 3 atom stereocenters. The minimum absolute atomic E-state index is 0.0142. The van der Waals surface area contributed by atoms with Gasteiger partial charge in [-0.2, -0.15) is 18.3 Å². The van der Waals surface area contributed by atoms with Gasteiger partial charge in [0.05, 0.1) is 24.9 Å². The summed E-state index contributed by atoms with van der Waals surface area (Å²) in [4.78, 5) is 13.6. The van der Waals surface area contributed by atoms with Crippen LogP contribution in [0.4, 0.5) is 13.2 Å². The lowest BCUT2D eigenvalue weighted by atomic mass is 10.2. The molecule has 0 amide bonds. The van der Waals surface area contributed by atoms with Crippen molar-refractivity contribution in [3.63, 3.8) is 0 Å². The van der Waals surface area contributed by atoms with Crippen LogP contribution in [-0.2, 0) is 17.5 Å². The molecule has 0 radical (unpaired) electrons. The van der Waals surface area contributed by atoms with Crippen molar-refractivity contribution in [1.82, 2.24) is 14.7 Å². The molecular weight excluding hydrogens is 315 g/mol. The summed E-state index contributed by atoms with van der Waals surface area (Å²) < 4.78 is 44.1. The van der Waals surface area contributed by atoms with Crippen LogP contribution in [0.3, 0.4) is 0 Å². The molecule has 1 aliphatic heterocycles. The lowest BCUT2D eigenvalue weighted by Gasteiger charge is -2.36. The number of aromatic nitrogens is 2. The van der Waals surface area contributed by atoms with E-state index in [4.69, 9.17) is 4.74 Å². The predicted molar refractivity (Wildman–Crippen MR) is 76.0 cm³/mol. The quantitative estimate of drug-likeness (QED) is 0.879. The van der Waals surface area contributed by atoms with E-state index in [9.17, 15) is 23.1 Å². The maximum atomic E-state index is 12.6. The Kier molecular flexibility index (Phi) is 5.43. The zero-order valence-corrected chi connectivity index (χ0v) is 13.0. The van der Waals surface area contributed by atoms with Crippen molar-refractivity contribution in [2.45, 2.75) is 44.9 Å². The number of halogens is 3. The monoisotopic (exact) mass is 335 g/mol. The Bertz CT molecular complexity index is 581. The van der Waals surface area contributed by atoms with Crippen molar-refractivity contribution in [3.8, 4) is 0 Å². The summed E-state index contributed by atoms with van der Waals surface area (Å²) >= 11 is 0. The summed E-state index contributed by atoms with van der Waals surface area (Å²) in [6, 6.07) is 1.44. The first-order chi connectivity index (χ1) is 10.6. The fourth-order valence-electron chi connectivity index (χ4n) is 2.72. The number of ether oxygens (including phenoxy) is 1. The molecule has 2 rings (SSSR count). The highest BCUT2D eigenvalue weighted by atomic mass is 19.4. The van der Waals surface area contributed by atoms with Gasteiger partial charge in [0.1, 0.15) is 0 Å². The molecule has 0 spiro atoms. The second-order valence-electron chi connectivity index (χ2n) is 5.87. The van der Waals surface area contributed by atoms with E-state index in [1.54, 1.807) is 0 Å². The summed E-state index contributed by atoms with van der Waals surface area (Å²) in [5.41, 5.74) is -1.83. The highest BCUT2D eigenvalue weighted by molar-refractivity contribution is 5.04. The summed E-state index contributed by atoms with van der Waals surface area (Å²) in [5.74, 6) is 0. The summed E-state index contributed by atoms with van der Waals surface area (Å²) in [5, 5.41) is 13.4. The summed E-state index contributed by atoms with van der Waals surface area (Å²) in [6.07, 6.45) is -5.60. The molecule has 1 N–H and O–H groups in total. The van der Waals surface area contributed by atoms with Crippen molar-refractivity contribution < 1.29 is 23.0 Å². The van der Waals surface area contributed by atoms with Gasteiger partial charge in [-0.1, -0.05) is 0 Å². The lowest BCUT2D eigenvalue weighted by molar-refractivity contribution is -0.142. The van der Waals surface area contributed by atoms with Crippen LogP contribution in [0.2, 0.25) is 0 Å². The van der Waals surface area contributed by atoms with Gasteiger partial charge in [0.15, 0.2) is 5.69 Å². The number of rotatable bonds is 4. The first kappa shape index (κ1) is 17.9. The minimum atomic E-state index is -4.63. The zero-order valence-electron chi connectivity index (χ0n) is 13.0. The van der Waals surface area contributed by atoms with E-state index in [1.807, 2.05) is 18.7 Å². The first-order valence-electron chi connectivity index (χ1n) is 7.36. The molecule has 0 aromatic carbocycles. The maximum absolute atomic E-state index is 12.6. The fourth-order valence-corrected chi connectivity index (χ4v) is 2.72. The van der Waals surface area contributed by atoms with Crippen LogP contribution >= 0.6 is 0 Å². The van der Waals surface area contributed by atoms with Crippen LogP contribution in [0.15, 0.2) is 16.9 Å². The number of hydrogen-bond acceptors (Lipinski definition) is 5. The summed E-state index contributed by atoms with van der Waals surface area (Å²) in [7, 11) is 0. The van der Waals surface area contributed by atoms with Gasteiger partial charge in [0, 0.05) is 25.7 Å². The second-order valence-corrected chi connectivity index (χ2v) is 5.87. The Morgan fingerprint density at radius 1 is 1.30 bits per heavy atom. The first-order valence-corrected chi connectivity index (χ1v) is 7.36. The van der Waals surface area contributed by atoms with Crippen molar-refractivity contribution >= 4 is 0 Å². The number of β-amino-alcohol motifs (C(OH)–C–C–N with tert-alkyl or cyclic N) is 1. The van der Waals surface area contributed by atoms with Gasteiger partial charge < -0.3 is 9.84 Å². The van der Waals surface area contributed by atoms with E-state index in [0.29, 0.717) is 23.8 Å². The zero-order chi connectivity index (χ0) is 17.2. The molecular formula is C14H20F3N3O3. The van der Waals surface area contributed by atoms with Gasteiger partial charge >= 0.3 is 6.18 Å². The molecule has 1 aromatic heterocycles.